The summed E-state index contributed by atoms with van der Waals surface area (Å²) < 4.78 is 49.7. The fourth-order valence-electron chi connectivity index (χ4n) is 1.11. The number of hydrogen-bond acceptors (Lipinski definition) is 2. The number of nitrogens with zero attached hydrogens (tertiary/aromatic N) is 2. The average molecular weight is 240 g/mol. The lowest BCUT2D eigenvalue weighted by Gasteiger charge is -2.10. The third-order valence-corrected chi connectivity index (χ3v) is 1.95. The third-order valence-electron chi connectivity index (χ3n) is 1.95. The lowest BCUT2D eigenvalue weighted by atomic mass is 10.3. The lowest BCUT2D eigenvalue weighted by Crippen LogP contribution is -2.19. The molecule has 0 aromatic carbocycles. The first-order valence-electron chi connectivity index (χ1n) is 4.23. The summed E-state index contributed by atoms with van der Waals surface area (Å²) in [5, 5.41) is 11.8. The second-order valence-electron chi connectivity index (χ2n) is 3.05. The summed E-state index contributed by atoms with van der Waals surface area (Å²) in [6.45, 7) is 1.08. The Morgan fingerprint density at radius 3 is 2.31 bits per heavy atom. The molecule has 0 spiro atoms. The van der Waals surface area contributed by atoms with E-state index in [1.54, 1.807) is 0 Å². The third kappa shape index (κ3) is 2.31. The van der Waals surface area contributed by atoms with Crippen molar-refractivity contribution in [2.45, 2.75) is 25.8 Å². The molecule has 1 aromatic heterocycles. The molecule has 1 rings (SSSR count). The van der Waals surface area contributed by atoms with Crippen molar-refractivity contribution in [3.63, 3.8) is 0 Å². The molecule has 0 saturated carbocycles. The summed E-state index contributed by atoms with van der Waals surface area (Å²) in [5.41, 5.74) is -1.69. The van der Waals surface area contributed by atoms with Crippen molar-refractivity contribution in [3.05, 3.63) is 17.5 Å². The smallest absolute Gasteiger partial charge is 0.328 e. The van der Waals surface area contributed by atoms with Gasteiger partial charge in [0, 0.05) is 0 Å². The quantitative estimate of drug-likeness (QED) is 0.822. The number of rotatable bonds is 4. The van der Waals surface area contributed by atoms with Gasteiger partial charge in [0.1, 0.15) is 17.4 Å². The number of carboxylic acids is 1. The van der Waals surface area contributed by atoms with Crippen molar-refractivity contribution < 1.29 is 27.5 Å². The van der Waals surface area contributed by atoms with E-state index < -0.39 is 36.2 Å². The molecule has 1 aromatic rings. The van der Waals surface area contributed by atoms with Gasteiger partial charge in [-0.05, 0) is 13.0 Å². The number of hydrogen-bond donors (Lipinski definition) is 1. The van der Waals surface area contributed by atoms with Crippen LogP contribution in [0.25, 0.3) is 0 Å². The van der Waals surface area contributed by atoms with Gasteiger partial charge in [0.05, 0.1) is 0 Å². The van der Waals surface area contributed by atoms with Crippen LogP contribution in [0.15, 0.2) is 6.07 Å². The van der Waals surface area contributed by atoms with Gasteiger partial charge in [0.25, 0.3) is 12.9 Å². The molecule has 0 unspecified atom stereocenters. The molecule has 1 heterocycles. The molecule has 0 aliphatic rings. The van der Waals surface area contributed by atoms with Crippen LogP contribution in [0, 0.1) is 0 Å². The van der Waals surface area contributed by atoms with Crippen LogP contribution in [0.3, 0.4) is 0 Å². The molecule has 1 N–H and O–H groups in total. The van der Waals surface area contributed by atoms with Crippen molar-refractivity contribution >= 4 is 5.97 Å². The Bertz CT molecular complexity index is 391. The molecule has 0 aliphatic carbocycles. The van der Waals surface area contributed by atoms with Crippen LogP contribution in [0.1, 0.15) is 37.2 Å². The van der Waals surface area contributed by atoms with E-state index in [0.717, 1.165) is 6.92 Å². The summed E-state index contributed by atoms with van der Waals surface area (Å²) in [7, 11) is 0. The number of alkyl halides is 4. The summed E-state index contributed by atoms with van der Waals surface area (Å²) in [5.74, 6) is -1.43. The van der Waals surface area contributed by atoms with Gasteiger partial charge in [-0.15, -0.1) is 0 Å². The first-order valence-corrected chi connectivity index (χ1v) is 4.23. The molecular formula is C8H8F4N2O2. The van der Waals surface area contributed by atoms with E-state index in [2.05, 4.69) is 5.10 Å². The molecule has 1 atom stereocenters. The molecule has 0 fully saturated rings. The van der Waals surface area contributed by atoms with E-state index in [-0.39, 0.29) is 0 Å². The molecule has 0 saturated heterocycles. The van der Waals surface area contributed by atoms with Gasteiger partial charge < -0.3 is 5.11 Å². The Labute approximate surface area is 87.5 Å². The fraction of sp³-hybridized carbons (Fsp3) is 0.500. The Hall–Kier alpha value is -1.60. The molecule has 8 heteroatoms. The van der Waals surface area contributed by atoms with Crippen LogP contribution in [0.4, 0.5) is 17.6 Å². The highest BCUT2D eigenvalue weighted by atomic mass is 19.3. The fourth-order valence-corrected chi connectivity index (χ4v) is 1.11. The Balaban J connectivity index is 3.20. The molecular weight excluding hydrogens is 232 g/mol. The zero-order valence-electron chi connectivity index (χ0n) is 8.07. The topological polar surface area (TPSA) is 55.1 Å². The highest BCUT2D eigenvalue weighted by Crippen LogP contribution is 2.27. The first-order chi connectivity index (χ1) is 7.34. The zero-order chi connectivity index (χ0) is 12.5. The normalized spacial score (nSPS) is 13.4. The van der Waals surface area contributed by atoms with Crippen molar-refractivity contribution in [3.8, 4) is 0 Å². The van der Waals surface area contributed by atoms with Crippen molar-refractivity contribution in [1.82, 2.24) is 9.78 Å². The maximum atomic E-state index is 12.4. The number of aromatic nitrogens is 2. The number of carbonyl (C=O) groups is 1. The molecule has 16 heavy (non-hydrogen) atoms. The van der Waals surface area contributed by atoms with Gasteiger partial charge in [-0.3, -0.25) is 0 Å². The van der Waals surface area contributed by atoms with Gasteiger partial charge in [0.15, 0.2) is 0 Å². The van der Waals surface area contributed by atoms with Crippen LogP contribution in [-0.2, 0) is 4.79 Å². The molecule has 0 amide bonds. The largest absolute Gasteiger partial charge is 0.480 e. The summed E-state index contributed by atoms with van der Waals surface area (Å²) in [4.78, 5) is 10.6. The maximum absolute atomic E-state index is 12.4. The van der Waals surface area contributed by atoms with Crippen LogP contribution in [0.2, 0.25) is 0 Å². The van der Waals surface area contributed by atoms with Crippen molar-refractivity contribution in [2.24, 2.45) is 0 Å². The monoisotopic (exact) mass is 240 g/mol. The summed E-state index contributed by atoms with van der Waals surface area (Å²) in [6.07, 6.45) is -6.07. The molecule has 0 bridgehead atoms. The van der Waals surface area contributed by atoms with Crippen LogP contribution in [0.5, 0.6) is 0 Å². The van der Waals surface area contributed by atoms with Gasteiger partial charge in [-0.1, -0.05) is 0 Å². The minimum Gasteiger partial charge on any atom is -0.480 e. The predicted octanol–water partition coefficient (Wildman–Crippen LogP) is 2.40. The highest BCUT2D eigenvalue weighted by Gasteiger charge is 2.26. The van der Waals surface area contributed by atoms with E-state index in [1.165, 1.54) is 0 Å². The zero-order valence-corrected chi connectivity index (χ0v) is 8.07. The van der Waals surface area contributed by atoms with Crippen LogP contribution < -0.4 is 0 Å². The maximum Gasteiger partial charge on any atom is 0.328 e. The van der Waals surface area contributed by atoms with Crippen molar-refractivity contribution in [1.29, 1.82) is 0 Å². The molecule has 0 aliphatic heterocycles. The second-order valence-corrected chi connectivity index (χ2v) is 3.05. The van der Waals surface area contributed by atoms with Gasteiger partial charge in [-0.25, -0.2) is 27.0 Å². The van der Waals surface area contributed by atoms with Gasteiger partial charge in [0.2, 0.25) is 0 Å². The summed E-state index contributed by atoms with van der Waals surface area (Å²) in [6, 6.07) is -0.911. The van der Waals surface area contributed by atoms with Gasteiger partial charge >= 0.3 is 5.97 Å². The van der Waals surface area contributed by atoms with E-state index in [4.69, 9.17) is 5.11 Å². The standard InChI is InChI=1S/C8H8F4N2O2/c1-3(8(15)16)14-5(7(11)12)2-4(13-14)6(9)10/h2-3,6-7H,1H3,(H,15,16)/t3-/m0/s1. The minimum atomic E-state index is -3.05. The van der Waals surface area contributed by atoms with Crippen LogP contribution >= 0.6 is 0 Å². The first kappa shape index (κ1) is 12.5. The van der Waals surface area contributed by atoms with E-state index in [0.29, 0.717) is 10.7 Å². The minimum absolute atomic E-state index is 0.397. The Kier molecular flexibility index (Phi) is 3.51. The molecule has 4 nitrogen and oxygen atoms in total. The number of carboxylic acid groups (broad SMARTS) is 1. The highest BCUT2D eigenvalue weighted by molar-refractivity contribution is 5.71. The lowest BCUT2D eigenvalue weighted by molar-refractivity contribution is -0.140. The average Bonchev–Trinajstić information content (AvgIpc) is 2.60. The van der Waals surface area contributed by atoms with Gasteiger partial charge in [-0.2, -0.15) is 5.10 Å². The van der Waals surface area contributed by atoms with E-state index in [1.807, 2.05) is 0 Å². The van der Waals surface area contributed by atoms with Crippen molar-refractivity contribution in [2.75, 3.05) is 0 Å². The van der Waals surface area contributed by atoms with E-state index >= 15 is 0 Å². The summed E-state index contributed by atoms with van der Waals surface area (Å²) >= 11 is 0. The number of aliphatic carboxylic acids is 1. The Morgan fingerprint density at radius 1 is 1.38 bits per heavy atom. The van der Waals surface area contributed by atoms with E-state index in [9.17, 15) is 22.4 Å². The number of halogens is 4. The SMILES string of the molecule is C[C@@H](C(=O)O)n1nc(C(F)F)cc1C(F)F. The van der Waals surface area contributed by atoms with Crippen LogP contribution in [-0.4, -0.2) is 20.9 Å². The molecule has 0 radical (unpaired) electrons. The molecule has 90 valence electrons. The second kappa shape index (κ2) is 4.50. The predicted molar refractivity (Wildman–Crippen MR) is 44.5 cm³/mol. The Morgan fingerprint density at radius 2 is 1.94 bits per heavy atom.